The number of amides is 1. The molecule has 2 N–H and O–H groups in total. The van der Waals surface area contributed by atoms with Crippen molar-refractivity contribution < 1.29 is 42.1 Å². The number of carbonyl (C=O) groups is 3. The van der Waals surface area contributed by atoms with Gasteiger partial charge in [0.2, 0.25) is 0 Å². The number of halogens is 3. The number of methoxy groups -OCH3 is 1. The molecule has 1 unspecified atom stereocenters. The molecule has 2 aliphatic rings. The molecular formula is C26H33F3N2O6. The van der Waals surface area contributed by atoms with E-state index in [9.17, 15) is 32.7 Å². The summed E-state index contributed by atoms with van der Waals surface area (Å²) >= 11 is 0. The number of allylic oxidation sites excluding steroid dienone is 2. The van der Waals surface area contributed by atoms with Gasteiger partial charge < -0.3 is 24.8 Å². The number of nitrogens with zero attached hydrogens (tertiary/aromatic N) is 1. The minimum atomic E-state index is -5.17. The molecule has 2 heterocycles. The Kier molecular flexibility index (Phi) is 9.22. The first-order chi connectivity index (χ1) is 17.4. The number of esters is 1. The molecule has 1 fully saturated rings. The van der Waals surface area contributed by atoms with Crippen molar-refractivity contribution in [2.75, 3.05) is 32.1 Å². The van der Waals surface area contributed by atoms with Crippen molar-refractivity contribution in [3.63, 3.8) is 0 Å². The summed E-state index contributed by atoms with van der Waals surface area (Å²) in [5, 5.41) is 11.6. The van der Waals surface area contributed by atoms with E-state index in [4.69, 9.17) is 9.47 Å². The maximum absolute atomic E-state index is 13.1. The van der Waals surface area contributed by atoms with E-state index in [-0.39, 0.29) is 42.0 Å². The Hall–Kier alpha value is -3.08. The number of fused-ring (bicyclic) bond motifs is 1. The van der Waals surface area contributed by atoms with Gasteiger partial charge in [-0.15, -0.1) is 0 Å². The molecule has 0 radical (unpaired) electrons. The minimum Gasteiger partial charge on any atom is -0.496 e. The molecular weight excluding hydrogens is 493 g/mol. The number of nitrogens with one attached hydrogen (secondary N) is 1. The second-order valence-electron chi connectivity index (χ2n) is 9.58. The van der Waals surface area contributed by atoms with Gasteiger partial charge >= 0.3 is 24.0 Å². The molecule has 11 heteroatoms. The Bertz CT molecular complexity index is 1080. The highest BCUT2D eigenvalue weighted by Crippen LogP contribution is 2.42. The van der Waals surface area contributed by atoms with Crippen LogP contribution in [0.5, 0.6) is 5.75 Å². The first-order valence-corrected chi connectivity index (χ1v) is 12.3. The van der Waals surface area contributed by atoms with Crippen LogP contribution in [-0.4, -0.2) is 60.8 Å². The van der Waals surface area contributed by atoms with Crippen LogP contribution in [0.2, 0.25) is 0 Å². The molecule has 1 atom stereocenters. The molecule has 1 aromatic rings. The van der Waals surface area contributed by atoms with Gasteiger partial charge in [0.05, 0.1) is 24.3 Å². The monoisotopic (exact) mass is 526 g/mol. The van der Waals surface area contributed by atoms with Gasteiger partial charge in [0, 0.05) is 11.1 Å². The van der Waals surface area contributed by atoms with E-state index in [0.717, 1.165) is 31.5 Å². The molecule has 3 rings (SSSR count). The van der Waals surface area contributed by atoms with Crippen LogP contribution in [0.1, 0.15) is 66.1 Å². The normalized spacial score (nSPS) is 17.2. The van der Waals surface area contributed by atoms with E-state index in [1.807, 2.05) is 5.32 Å². The lowest BCUT2D eigenvalue weighted by atomic mass is 9.92. The average Bonchev–Trinajstić information content (AvgIpc) is 3.23. The Morgan fingerprint density at radius 3 is 2.51 bits per heavy atom. The number of piperidine rings is 1. The molecule has 0 spiro atoms. The van der Waals surface area contributed by atoms with Crippen LogP contribution >= 0.6 is 0 Å². The number of cyclic esters (lactones) is 1. The lowest BCUT2D eigenvalue weighted by Crippen LogP contribution is -2.32. The zero-order chi connectivity index (χ0) is 27.3. The number of hydrogen-bond acceptors (Lipinski definition) is 6. The van der Waals surface area contributed by atoms with E-state index < -0.39 is 29.9 Å². The van der Waals surface area contributed by atoms with Crippen LogP contribution in [0.25, 0.3) is 0 Å². The van der Waals surface area contributed by atoms with Crippen molar-refractivity contribution in [2.45, 2.75) is 65.2 Å². The molecule has 1 aromatic carbocycles. The van der Waals surface area contributed by atoms with Crippen LogP contribution in [0, 0.1) is 12.8 Å². The molecule has 0 saturated carbocycles. The van der Waals surface area contributed by atoms with Crippen molar-refractivity contribution in [1.29, 1.82) is 0 Å². The number of ether oxygens (including phenoxy) is 2. The molecule has 2 aliphatic heterocycles. The number of rotatable bonds is 10. The van der Waals surface area contributed by atoms with E-state index in [2.05, 4.69) is 4.90 Å². The number of benzene rings is 1. The zero-order valence-electron chi connectivity index (χ0n) is 21.3. The number of hydrogen-bond donors (Lipinski definition) is 2. The summed E-state index contributed by atoms with van der Waals surface area (Å²) in [6.07, 6.45) is 0.711. The van der Waals surface area contributed by atoms with Crippen LogP contribution in [-0.2, 0) is 27.4 Å². The standard InChI is InChI=1S/C26H33F3N2O6/c1-15(13-17(23(32)33)9-12-31-10-5-4-6-11-31)7-8-18-21(30-25(35)26(27,28)29)20-19(14-37-24(20)34)16(2)22(18)36-3/h7,17H,4-6,8-14H2,1-3H3,(H,30,35)(H,32,33)/b15-7+. The number of carboxylic acids is 1. The smallest absolute Gasteiger partial charge is 0.471 e. The highest BCUT2D eigenvalue weighted by molar-refractivity contribution is 6.07. The first-order valence-electron chi connectivity index (χ1n) is 12.3. The molecule has 0 bridgehead atoms. The SMILES string of the molecule is COc1c(C)c2c(c(NC(=O)C(F)(F)F)c1C/C=C(\C)CC(CCN1CCCCC1)C(=O)O)C(=O)OC2. The summed E-state index contributed by atoms with van der Waals surface area (Å²) in [6.45, 7) is 5.90. The second kappa shape index (κ2) is 12.0. The zero-order valence-corrected chi connectivity index (χ0v) is 21.3. The van der Waals surface area contributed by atoms with Crippen LogP contribution in [0.15, 0.2) is 11.6 Å². The van der Waals surface area contributed by atoms with E-state index in [1.54, 1.807) is 19.9 Å². The summed E-state index contributed by atoms with van der Waals surface area (Å²) in [4.78, 5) is 38.4. The van der Waals surface area contributed by atoms with Gasteiger partial charge in [-0.25, -0.2) is 4.79 Å². The van der Waals surface area contributed by atoms with Gasteiger partial charge in [-0.1, -0.05) is 18.1 Å². The van der Waals surface area contributed by atoms with Crippen molar-refractivity contribution >= 4 is 23.5 Å². The van der Waals surface area contributed by atoms with Crippen molar-refractivity contribution in [1.82, 2.24) is 4.90 Å². The molecule has 0 aliphatic carbocycles. The van der Waals surface area contributed by atoms with Crippen LogP contribution < -0.4 is 10.1 Å². The number of alkyl halides is 3. The quantitative estimate of drug-likeness (QED) is 0.338. The molecule has 0 aromatic heterocycles. The Balaban J connectivity index is 1.87. The van der Waals surface area contributed by atoms with Gasteiger partial charge in [0.1, 0.15) is 12.4 Å². The van der Waals surface area contributed by atoms with Gasteiger partial charge in [0.15, 0.2) is 0 Å². The topological polar surface area (TPSA) is 105 Å². The summed E-state index contributed by atoms with van der Waals surface area (Å²) in [7, 11) is 1.35. The van der Waals surface area contributed by atoms with E-state index in [0.29, 0.717) is 24.1 Å². The Morgan fingerprint density at radius 1 is 1.24 bits per heavy atom. The van der Waals surface area contributed by atoms with Gasteiger partial charge in [-0.2, -0.15) is 13.2 Å². The maximum atomic E-state index is 13.1. The third kappa shape index (κ3) is 6.82. The van der Waals surface area contributed by atoms with E-state index in [1.165, 1.54) is 13.5 Å². The highest BCUT2D eigenvalue weighted by atomic mass is 19.4. The summed E-state index contributed by atoms with van der Waals surface area (Å²) in [5.41, 5.74) is 1.37. The summed E-state index contributed by atoms with van der Waals surface area (Å²) in [6, 6.07) is 0. The average molecular weight is 527 g/mol. The fourth-order valence-electron chi connectivity index (χ4n) is 4.96. The van der Waals surface area contributed by atoms with Crippen LogP contribution in [0.4, 0.5) is 18.9 Å². The molecule has 1 saturated heterocycles. The predicted octanol–water partition coefficient (Wildman–Crippen LogP) is 4.63. The summed E-state index contributed by atoms with van der Waals surface area (Å²) < 4.78 is 49.8. The van der Waals surface area contributed by atoms with Crippen molar-refractivity contribution in [2.24, 2.45) is 5.92 Å². The number of likely N-dealkylation sites (tertiary alicyclic amines) is 1. The molecule has 1 amide bonds. The minimum absolute atomic E-state index is 0.0162. The third-order valence-corrected chi connectivity index (χ3v) is 6.99. The highest BCUT2D eigenvalue weighted by Gasteiger charge is 2.41. The molecule has 8 nitrogen and oxygen atoms in total. The Labute approximate surface area is 213 Å². The number of carboxylic acid groups (broad SMARTS) is 1. The fraction of sp³-hybridized carbons (Fsp3) is 0.577. The lowest BCUT2D eigenvalue weighted by Gasteiger charge is -2.27. The second-order valence-corrected chi connectivity index (χ2v) is 9.58. The van der Waals surface area contributed by atoms with Crippen molar-refractivity contribution in [3.8, 4) is 5.75 Å². The predicted molar refractivity (Wildman–Crippen MR) is 130 cm³/mol. The number of aliphatic carboxylic acids is 1. The largest absolute Gasteiger partial charge is 0.496 e. The Morgan fingerprint density at radius 2 is 1.92 bits per heavy atom. The number of anilines is 1. The molecule has 37 heavy (non-hydrogen) atoms. The lowest BCUT2D eigenvalue weighted by molar-refractivity contribution is -0.167. The van der Waals surface area contributed by atoms with Gasteiger partial charge in [-0.05, 0) is 71.1 Å². The summed E-state index contributed by atoms with van der Waals surface area (Å²) in [5.74, 6) is -4.33. The first kappa shape index (κ1) is 28.5. The van der Waals surface area contributed by atoms with Gasteiger partial charge in [-0.3, -0.25) is 9.59 Å². The fourth-order valence-corrected chi connectivity index (χ4v) is 4.96. The van der Waals surface area contributed by atoms with Gasteiger partial charge in [0.25, 0.3) is 0 Å². The van der Waals surface area contributed by atoms with Crippen LogP contribution in [0.3, 0.4) is 0 Å². The number of carbonyl (C=O) groups excluding carboxylic acids is 2. The van der Waals surface area contributed by atoms with Crippen molar-refractivity contribution in [3.05, 3.63) is 33.9 Å². The maximum Gasteiger partial charge on any atom is 0.471 e. The third-order valence-electron chi connectivity index (χ3n) is 6.99. The van der Waals surface area contributed by atoms with E-state index >= 15 is 0 Å². The molecule has 204 valence electrons.